The first-order valence-electron chi connectivity index (χ1n) is 7.72. The summed E-state index contributed by atoms with van der Waals surface area (Å²) < 4.78 is 10.3. The van der Waals surface area contributed by atoms with E-state index in [9.17, 15) is 9.59 Å². The molecule has 2 rings (SSSR count). The van der Waals surface area contributed by atoms with Gasteiger partial charge in [0.15, 0.2) is 11.5 Å². The summed E-state index contributed by atoms with van der Waals surface area (Å²) in [6.45, 7) is -0.256. The first-order valence-corrected chi connectivity index (χ1v) is 8.48. The Morgan fingerprint density at radius 3 is 2.56 bits per heavy atom. The molecular weight excluding hydrogens is 393 g/mol. The van der Waals surface area contributed by atoms with Crippen LogP contribution in [0, 0.1) is 0 Å². The van der Waals surface area contributed by atoms with Crippen molar-refractivity contribution in [1.29, 1.82) is 0 Å². The molecule has 0 saturated heterocycles. The van der Waals surface area contributed by atoms with E-state index in [-0.39, 0.29) is 6.54 Å². The SMILES string of the molecule is COc1ccc(C(=O)NCC(=O)N/N=C\c2cccc(Cl)c2Cl)cc1OC. The molecule has 0 aliphatic heterocycles. The normalized spacial score (nSPS) is 10.5. The molecule has 2 amide bonds. The van der Waals surface area contributed by atoms with Crippen LogP contribution in [0.25, 0.3) is 0 Å². The molecule has 0 fully saturated rings. The lowest BCUT2D eigenvalue weighted by atomic mass is 10.2. The molecule has 2 aromatic carbocycles. The largest absolute Gasteiger partial charge is 0.493 e. The van der Waals surface area contributed by atoms with Gasteiger partial charge in [0.05, 0.1) is 37.0 Å². The average molecular weight is 410 g/mol. The fourth-order valence-corrected chi connectivity index (χ4v) is 2.43. The molecule has 0 radical (unpaired) electrons. The lowest BCUT2D eigenvalue weighted by molar-refractivity contribution is -0.120. The topological polar surface area (TPSA) is 89.0 Å². The van der Waals surface area contributed by atoms with Gasteiger partial charge in [-0.25, -0.2) is 5.43 Å². The predicted molar refractivity (Wildman–Crippen MR) is 104 cm³/mol. The molecule has 0 heterocycles. The van der Waals surface area contributed by atoms with Crippen LogP contribution in [0.15, 0.2) is 41.5 Å². The minimum Gasteiger partial charge on any atom is -0.493 e. The zero-order chi connectivity index (χ0) is 19.8. The Morgan fingerprint density at radius 2 is 1.85 bits per heavy atom. The molecule has 27 heavy (non-hydrogen) atoms. The van der Waals surface area contributed by atoms with E-state index in [0.29, 0.717) is 32.7 Å². The number of hydrogen-bond donors (Lipinski definition) is 2. The maximum absolute atomic E-state index is 12.1. The fraction of sp³-hybridized carbons (Fsp3) is 0.167. The summed E-state index contributed by atoms with van der Waals surface area (Å²) in [7, 11) is 2.97. The van der Waals surface area contributed by atoms with Crippen LogP contribution in [0.4, 0.5) is 0 Å². The molecule has 0 unspecified atom stereocenters. The van der Waals surface area contributed by atoms with Crippen LogP contribution >= 0.6 is 23.2 Å². The van der Waals surface area contributed by atoms with E-state index in [1.165, 1.54) is 26.5 Å². The van der Waals surface area contributed by atoms with Crippen LogP contribution in [0.2, 0.25) is 10.0 Å². The number of hydrazone groups is 1. The molecule has 9 heteroatoms. The Hall–Kier alpha value is -2.77. The Morgan fingerprint density at radius 1 is 1.11 bits per heavy atom. The van der Waals surface area contributed by atoms with Crippen molar-refractivity contribution in [3.63, 3.8) is 0 Å². The second-order valence-corrected chi connectivity index (χ2v) is 5.97. The van der Waals surface area contributed by atoms with Crippen LogP contribution < -0.4 is 20.2 Å². The minimum atomic E-state index is -0.502. The predicted octanol–water partition coefficient (Wildman–Crippen LogP) is 2.89. The minimum absolute atomic E-state index is 0.256. The smallest absolute Gasteiger partial charge is 0.259 e. The number of nitrogens with zero attached hydrogens (tertiary/aromatic N) is 1. The molecule has 0 aromatic heterocycles. The maximum Gasteiger partial charge on any atom is 0.259 e. The molecule has 0 atom stereocenters. The third kappa shape index (κ3) is 5.60. The summed E-state index contributed by atoms with van der Waals surface area (Å²) in [6.07, 6.45) is 1.36. The molecule has 0 spiro atoms. The number of hydrogen-bond acceptors (Lipinski definition) is 5. The first-order chi connectivity index (χ1) is 13.0. The van der Waals surface area contributed by atoms with Gasteiger partial charge in [-0.3, -0.25) is 9.59 Å². The molecule has 2 N–H and O–H groups in total. The van der Waals surface area contributed by atoms with Crippen molar-refractivity contribution < 1.29 is 19.1 Å². The quantitative estimate of drug-likeness (QED) is 0.543. The molecule has 0 aliphatic carbocycles. The van der Waals surface area contributed by atoms with E-state index in [1.807, 2.05) is 0 Å². The van der Waals surface area contributed by atoms with Gasteiger partial charge in [0.1, 0.15) is 0 Å². The number of benzene rings is 2. The molecule has 0 saturated carbocycles. The molecule has 0 aliphatic rings. The van der Waals surface area contributed by atoms with Crippen molar-refractivity contribution in [2.75, 3.05) is 20.8 Å². The highest BCUT2D eigenvalue weighted by Gasteiger charge is 2.11. The number of rotatable bonds is 7. The van der Waals surface area contributed by atoms with Crippen LogP contribution in [-0.2, 0) is 4.79 Å². The summed E-state index contributed by atoms with van der Waals surface area (Å²) in [5.74, 6) is -0.0235. The number of methoxy groups -OCH3 is 2. The molecule has 2 aromatic rings. The van der Waals surface area contributed by atoms with Crippen molar-refractivity contribution in [3.8, 4) is 11.5 Å². The number of nitrogens with one attached hydrogen (secondary N) is 2. The number of amides is 2. The van der Waals surface area contributed by atoms with Gasteiger partial charge in [-0.2, -0.15) is 5.10 Å². The van der Waals surface area contributed by atoms with Gasteiger partial charge in [-0.1, -0.05) is 35.3 Å². The molecule has 0 bridgehead atoms. The zero-order valence-corrected chi connectivity index (χ0v) is 16.1. The van der Waals surface area contributed by atoms with E-state index in [4.69, 9.17) is 32.7 Å². The highest BCUT2D eigenvalue weighted by atomic mass is 35.5. The van der Waals surface area contributed by atoms with E-state index in [0.717, 1.165) is 0 Å². The van der Waals surface area contributed by atoms with Crippen LogP contribution in [0.1, 0.15) is 15.9 Å². The van der Waals surface area contributed by atoms with Crippen LogP contribution in [0.5, 0.6) is 11.5 Å². The van der Waals surface area contributed by atoms with Crippen molar-refractivity contribution in [3.05, 3.63) is 57.6 Å². The van der Waals surface area contributed by atoms with Crippen LogP contribution in [-0.4, -0.2) is 38.8 Å². The summed E-state index contributed by atoms with van der Waals surface area (Å²) >= 11 is 11.9. The van der Waals surface area contributed by atoms with E-state index >= 15 is 0 Å². The Balaban J connectivity index is 1.89. The molecule has 142 valence electrons. The van der Waals surface area contributed by atoms with E-state index in [2.05, 4.69) is 15.8 Å². The number of carbonyl (C=O) groups is 2. The fourth-order valence-electron chi connectivity index (χ4n) is 2.07. The molecule has 7 nitrogen and oxygen atoms in total. The van der Waals surface area contributed by atoms with Crippen LogP contribution in [0.3, 0.4) is 0 Å². The van der Waals surface area contributed by atoms with Gasteiger partial charge >= 0.3 is 0 Å². The van der Waals surface area contributed by atoms with Gasteiger partial charge in [-0.15, -0.1) is 0 Å². The monoisotopic (exact) mass is 409 g/mol. The second-order valence-electron chi connectivity index (χ2n) is 5.19. The van der Waals surface area contributed by atoms with E-state index in [1.54, 1.807) is 30.3 Å². The summed E-state index contributed by atoms with van der Waals surface area (Å²) in [4.78, 5) is 23.9. The Labute approximate surface area is 166 Å². The van der Waals surface area contributed by atoms with Gasteiger partial charge < -0.3 is 14.8 Å². The summed E-state index contributed by atoms with van der Waals surface area (Å²) in [6, 6.07) is 9.74. The van der Waals surface area contributed by atoms with Gasteiger partial charge in [0, 0.05) is 11.1 Å². The third-order valence-corrected chi connectivity index (χ3v) is 4.26. The third-order valence-electron chi connectivity index (χ3n) is 3.43. The Kier molecular flexibility index (Phi) is 7.45. The number of carbonyl (C=O) groups excluding carboxylic acids is 2. The molecular formula is C18H17Cl2N3O4. The van der Waals surface area contributed by atoms with Crippen molar-refractivity contribution in [1.82, 2.24) is 10.7 Å². The van der Waals surface area contributed by atoms with Crippen molar-refractivity contribution >= 4 is 41.2 Å². The highest BCUT2D eigenvalue weighted by Crippen LogP contribution is 2.27. The number of halogens is 2. The average Bonchev–Trinajstić information content (AvgIpc) is 2.68. The second kappa shape index (κ2) is 9.80. The van der Waals surface area contributed by atoms with Crippen molar-refractivity contribution in [2.45, 2.75) is 0 Å². The van der Waals surface area contributed by atoms with Gasteiger partial charge in [-0.05, 0) is 24.3 Å². The van der Waals surface area contributed by atoms with Gasteiger partial charge in [0.25, 0.3) is 11.8 Å². The van der Waals surface area contributed by atoms with E-state index < -0.39 is 11.8 Å². The summed E-state index contributed by atoms with van der Waals surface area (Å²) in [5.41, 5.74) is 3.18. The zero-order valence-electron chi connectivity index (χ0n) is 14.6. The lowest BCUT2D eigenvalue weighted by Crippen LogP contribution is -2.34. The summed E-state index contributed by atoms with van der Waals surface area (Å²) in [5, 5.41) is 6.99. The van der Waals surface area contributed by atoms with Gasteiger partial charge in [0.2, 0.25) is 0 Å². The lowest BCUT2D eigenvalue weighted by Gasteiger charge is -2.09. The Bertz CT molecular complexity index is 872. The highest BCUT2D eigenvalue weighted by molar-refractivity contribution is 6.43. The van der Waals surface area contributed by atoms with Crippen molar-refractivity contribution in [2.24, 2.45) is 5.10 Å². The first kappa shape index (κ1) is 20.5. The standard InChI is InChI=1S/C18H17Cl2N3O4/c1-26-14-7-6-11(8-15(14)27-2)18(25)21-10-16(24)23-22-9-12-4-3-5-13(19)17(12)20/h3-9H,10H2,1-2H3,(H,21,25)(H,23,24)/b22-9-. The number of ether oxygens (including phenoxy) is 2. The maximum atomic E-state index is 12.1.